The molecule has 0 radical (unpaired) electrons. The normalized spacial score (nSPS) is 10.9. The molecule has 150 valence electrons. The largest absolute Gasteiger partial charge is 0.464 e. The average Bonchev–Trinajstić information content (AvgIpc) is 2.96. The highest BCUT2D eigenvalue weighted by Crippen LogP contribution is 2.33. The van der Waals surface area contributed by atoms with Crippen LogP contribution < -0.4 is 11.1 Å². The number of methoxy groups -OCH3 is 1. The SMILES string of the molecule is COC(=O)c1c(N)c(C#N)cn1-c1cc([N+](=O)[O-])c(F)cc1NC(C)=CC(C)=O. The summed E-state index contributed by atoms with van der Waals surface area (Å²) in [5, 5.41) is 23.2. The molecule has 29 heavy (non-hydrogen) atoms. The third-order valence-corrected chi connectivity index (χ3v) is 3.82. The number of halogens is 1. The van der Waals surface area contributed by atoms with Gasteiger partial charge in [-0.25, -0.2) is 4.79 Å². The molecular weight excluding hydrogens is 385 g/mol. The molecule has 0 aliphatic carbocycles. The summed E-state index contributed by atoms with van der Waals surface area (Å²) in [6, 6.07) is 3.52. The van der Waals surface area contributed by atoms with Gasteiger partial charge in [-0.3, -0.25) is 14.9 Å². The van der Waals surface area contributed by atoms with Gasteiger partial charge in [-0.2, -0.15) is 9.65 Å². The van der Waals surface area contributed by atoms with E-state index < -0.39 is 22.4 Å². The number of nitrogens with two attached hydrogens (primary N) is 1. The monoisotopic (exact) mass is 401 g/mol. The summed E-state index contributed by atoms with van der Waals surface area (Å²) in [6.45, 7) is 2.83. The molecule has 1 aromatic carbocycles. The Hall–Kier alpha value is -4.20. The van der Waals surface area contributed by atoms with Crippen molar-refractivity contribution < 1.29 is 23.6 Å². The molecule has 1 aromatic heterocycles. The standard InChI is InChI=1S/C18H16FN5O5/c1-9(4-10(2)25)22-13-5-12(19)14(24(27)28)6-15(13)23-8-11(7-20)16(21)17(23)18(26)29-3/h4-6,8,22H,21H2,1-3H3. The van der Waals surface area contributed by atoms with Crippen LogP contribution in [0, 0.1) is 27.3 Å². The first kappa shape index (κ1) is 21.1. The van der Waals surface area contributed by atoms with Gasteiger partial charge in [0.05, 0.1) is 34.7 Å². The predicted molar refractivity (Wildman–Crippen MR) is 101 cm³/mol. The van der Waals surface area contributed by atoms with Gasteiger partial charge in [0.1, 0.15) is 6.07 Å². The number of esters is 1. The number of allylic oxidation sites excluding steroid dienone is 2. The molecule has 0 aliphatic heterocycles. The molecule has 11 heteroatoms. The summed E-state index contributed by atoms with van der Waals surface area (Å²) in [7, 11) is 1.09. The summed E-state index contributed by atoms with van der Waals surface area (Å²) >= 11 is 0. The van der Waals surface area contributed by atoms with E-state index in [1.54, 1.807) is 6.07 Å². The molecule has 0 atom stereocenters. The van der Waals surface area contributed by atoms with Crippen LogP contribution in [0.1, 0.15) is 29.9 Å². The lowest BCUT2D eigenvalue weighted by molar-refractivity contribution is -0.387. The van der Waals surface area contributed by atoms with Crippen molar-refractivity contribution in [1.82, 2.24) is 4.57 Å². The lowest BCUT2D eigenvalue weighted by Crippen LogP contribution is -2.13. The summed E-state index contributed by atoms with van der Waals surface area (Å²) < 4.78 is 20.0. The first-order valence-electron chi connectivity index (χ1n) is 8.04. The predicted octanol–water partition coefficient (Wildman–Crippen LogP) is 2.67. The number of carbonyl (C=O) groups is 2. The van der Waals surface area contributed by atoms with Crippen LogP contribution in [0.3, 0.4) is 0 Å². The molecule has 1 heterocycles. The maximum Gasteiger partial charge on any atom is 0.357 e. The summed E-state index contributed by atoms with van der Waals surface area (Å²) in [5.74, 6) is -2.33. The van der Waals surface area contributed by atoms with Crippen LogP contribution in [0.15, 0.2) is 30.1 Å². The Bertz CT molecular complexity index is 1100. The molecule has 10 nitrogen and oxygen atoms in total. The number of nitrogens with zero attached hydrogens (tertiary/aromatic N) is 3. The average molecular weight is 401 g/mol. The van der Waals surface area contributed by atoms with Crippen molar-refractivity contribution in [1.29, 1.82) is 5.26 Å². The van der Waals surface area contributed by atoms with Gasteiger partial charge in [0.25, 0.3) is 0 Å². The van der Waals surface area contributed by atoms with Crippen LogP contribution in [-0.2, 0) is 9.53 Å². The number of benzene rings is 1. The Morgan fingerprint density at radius 3 is 2.59 bits per heavy atom. The number of nitro benzene ring substituents is 1. The van der Waals surface area contributed by atoms with Gasteiger partial charge in [0, 0.05) is 24.0 Å². The number of rotatable bonds is 6. The maximum atomic E-state index is 14.2. The molecule has 3 N–H and O–H groups in total. The third kappa shape index (κ3) is 4.22. The van der Waals surface area contributed by atoms with Crippen molar-refractivity contribution in [3.05, 3.63) is 57.3 Å². The number of nitriles is 1. The summed E-state index contributed by atoms with van der Waals surface area (Å²) in [6.07, 6.45) is 2.41. The Kier molecular flexibility index (Phi) is 5.98. The van der Waals surface area contributed by atoms with Crippen LogP contribution in [0.4, 0.5) is 21.5 Å². The van der Waals surface area contributed by atoms with E-state index in [4.69, 9.17) is 5.73 Å². The molecule has 0 spiro atoms. The Morgan fingerprint density at radius 2 is 2.07 bits per heavy atom. The van der Waals surface area contributed by atoms with Gasteiger partial charge >= 0.3 is 11.7 Å². The number of nitro groups is 1. The first-order valence-corrected chi connectivity index (χ1v) is 8.04. The Balaban J connectivity index is 2.85. The minimum absolute atomic E-state index is 0.00672. The quantitative estimate of drug-likeness (QED) is 0.324. The van der Waals surface area contributed by atoms with Crippen molar-refractivity contribution in [2.24, 2.45) is 0 Å². The van der Waals surface area contributed by atoms with Gasteiger partial charge in [-0.15, -0.1) is 0 Å². The van der Waals surface area contributed by atoms with Gasteiger partial charge < -0.3 is 20.4 Å². The van der Waals surface area contributed by atoms with Gasteiger partial charge in [-0.05, 0) is 19.9 Å². The van der Waals surface area contributed by atoms with Crippen molar-refractivity contribution in [3.8, 4) is 11.8 Å². The lowest BCUT2D eigenvalue weighted by atomic mass is 10.2. The smallest absolute Gasteiger partial charge is 0.357 e. The Labute approximate surface area is 164 Å². The zero-order valence-electron chi connectivity index (χ0n) is 15.6. The maximum absolute atomic E-state index is 14.2. The van der Waals surface area contributed by atoms with Gasteiger partial charge in [-0.1, -0.05) is 0 Å². The fourth-order valence-corrected chi connectivity index (χ4v) is 2.65. The van der Waals surface area contributed by atoms with E-state index in [0.717, 1.165) is 23.8 Å². The second kappa shape index (κ2) is 8.22. The minimum atomic E-state index is -1.14. The molecule has 0 fully saturated rings. The number of aromatic nitrogens is 1. The fourth-order valence-electron chi connectivity index (χ4n) is 2.65. The van der Waals surface area contributed by atoms with Crippen molar-refractivity contribution in [2.45, 2.75) is 13.8 Å². The molecule has 0 saturated heterocycles. The second-order valence-electron chi connectivity index (χ2n) is 5.92. The molecule has 0 bridgehead atoms. The number of nitrogens with one attached hydrogen (secondary N) is 1. The van der Waals surface area contributed by atoms with Crippen LogP contribution in [0.2, 0.25) is 0 Å². The Morgan fingerprint density at radius 1 is 1.41 bits per heavy atom. The molecule has 2 rings (SSSR count). The number of carbonyl (C=O) groups excluding carboxylic acids is 2. The highest BCUT2D eigenvalue weighted by molar-refractivity contribution is 5.96. The van der Waals surface area contributed by atoms with Crippen molar-refractivity contribution in [2.75, 3.05) is 18.2 Å². The zero-order valence-corrected chi connectivity index (χ0v) is 15.6. The molecule has 0 unspecified atom stereocenters. The highest BCUT2D eigenvalue weighted by Gasteiger charge is 2.26. The number of hydrogen-bond donors (Lipinski definition) is 2. The molecule has 0 saturated carbocycles. The van der Waals surface area contributed by atoms with E-state index in [1.807, 2.05) is 0 Å². The van der Waals surface area contributed by atoms with Crippen LogP contribution in [-0.4, -0.2) is 28.4 Å². The fraction of sp³-hybridized carbons (Fsp3) is 0.167. The van der Waals surface area contributed by atoms with E-state index in [2.05, 4.69) is 10.1 Å². The second-order valence-corrected chi connectivity index (χ2v) is 5.92. The van der Waals surface area contributed by atoms with E-state index in [9.17, 15) is 29.4 Å². The number of nitrogen functional groups attached to an aromatic ring is 1. The number of ketones is 1. The summed E-state index contributed by atoms with van der Waals surface area (Å²) in [5.41, 5.74) is 4.69. The first-order chi connectivity index (χ1) is 13.6. The van der Waals surface area contributed by atoms with E-state index in [1.165, 1.54) is 26.1 Å². The van der Waals surface area contributed by atoms with Gasteiger partial charge in [0.15, 0.2) is 11.5 Å². The topological polar surface area (TPSA) is 153 Å². The van der Waals surface area contributed by atoms with Crippen LogP contribution in [0.5, 0.6) is 0 Å². The van der Waals surface area contributed by atoms with Crippen molar-refractivity contribution >= 4 is 28.8 Å². The van der Waals surface area contributed by atoms with E-state index >= 15 is 0 Å². The zero-order chi connectivity index (χ0) is 21.9. The molecular formula is C18H16FN5O5. The lowest BCUT2D eigenvalue weighted by Gasteiger charge is -2.15. The van der Waals surface area contributed by atoms with Crippen LogP contribution >= 0.6 is 0 Å². The van der Waals surface area contributed by atoms with Gasteiger partial charge in [0.2, 0.25) is 5.82 Å². The van der Waals surface area contributed by atoms with E-state index in [-0.39, 0.29) is 34.1 Å². The van der Waals surface area contributed by atoms with Crippen molar-refractivity contribution in [3.63, 3.8) is 0 Å². The number of anilines is 2. The summed E-state index contributed by atoms with van der Waals surface area (Å²) in [4.78, 5) is 33.8. The molecule has 2 aromatic rings. The van der Waals surface area contributed by atoms with E-state index in [0.29, 0.717) is 5.70 Å². The molecule has 0 aliphatic rings. The minimum Gasteiger partial charge on any atom is -0.464 e. The van der Waals surface area contributed by atoms with Crippen LogP contribution in [0.25, 0.3) is 5.69 Å². The molecule has 0 amide bonds. The third-order valence-electron chi connectivity index (χ3n) is 3.82. The highest BCUT2D eigenvalue weighted by atomic mass is 19.1. The number of hydrogen-bond acceptors (Lipinski definition) is 8. The number of ether oxygens (including phenoxy) is 1.